The number of carbonyl (C=O) groups excluding carboxylic acids is 2. The maximum atomic E-state index is 12.1. The number of nitrogens with one attached hydrogen (secondary N) is 1. The van der Waals surface area contributed by atoms with Crippen molar-refractivity contribution in [1.82, 2.24) is 5.32 Å². The molecule has 2 aliphatic rings. The zero-order valence-corrected chi connectivity index (χ0v) is 12.3. The molecule has 2 unspecified atom stereocenters. The van der Waals surface area contributed by atoms with Crippen LogP contribution in [0.3, 0.4) is 0 Å². The Hall–Kier alpha value is -1.84. The Morgan fingerprint density at radius 3 is 2.67 bits per heavy atom. The average molecular weight is 287 g/mol. The molecule has 112 valence electrons. The van der Waals surface area contributed by atoms with Crippen LogP contribution in [0.25, 0.3) is 0 Å². The normalized spacial score (nSPS) is 26.2. The summed E-state index contributed by atoms with van der Waals surface area (Å²) in [7, 11) is 0. The molecule has 2 N–H and O–H groups in total. The molecular weight excluding hydrogens is 266 g/mol. The van der Waals surface area contributed by atoms with E-state index in [1.807, 2.05) is 0 Å². The maximum Gasteiger partial charge on any atom is 0.251 e. The monoisotopic (exact) mass is 287 g/mol. The van der Waals surface area contributed by atoms with Crippen LogP contribution >= 0.6 is 0 Å². The molecule has 21 heavy (non-hydrogen) atoms. The number of fused-ring (bicyclic) bond motifs is 1. The predicted molar refractivity (Wildman–Crippen MR) is 79.4 cm³/mol. The number of hydrogen-bond acceptors (Lipinski definition) is 3. The van der Waals surface area contributed by atoms with Gasteiger partial charge < -0.3 is 10.4 Å². The summed E-state index contributed by atoms with van der Waals surface area (Å²) in [6.07, 6.45) is 5.16. The van der Waals surface area contributed by atoms with Crippen molar-refractivity contribution >= 4 is 11.7 Å². The zero-order chi connectivity index (χ0) is 15.0. The molecule has 3 rings (SSSR count). The Bertz CT molecular complexity index is 571. The summed E-state index contributed by atoms with van der Waals surface area (Å²) >= 11 is 0. The molecular formula is C17H21NO3. The van der Waals surface area contributed by atoms with Gasteiger partial charge in [-0.05, 0) is 62.1 Å². The summed E-state index contributed by atoms with van der Waals surface area (Å²) < 4.78 is 0. The Labute approximate surface area is 124 Å². The van der Waals surface area contributed by atoms with E-state index >= 15 is 0 Å². The second-order valence-corrected chi connectivity index (χ2v) is 6.26. The zero-order valence-electron chi connectivity index (χ0n) is 12.3. The summed E-state index contributed by atoms with van der Waals surface area (Å²) in [5.74, 6) is 2.15. The lowest BCUT2D eigenvalue weighted by Gasteiger charge is -2.08. The number of phenolic OH excluding ortho intramolecular Hbond substituents is 1. The molecule has 1 aromatic rings. The van der Waals surface area contributed by atoms with Crippen molar-refractivity contribution in [2.75, 3.05) is 6.54 Å². The largest absolute Gasteiger partial charge is 0.507 e. The second kappa shape index (κ2) is 5.51. The number of phenols is 1. The van der Waals surface area contributed by atoms with Crippen LogP contribution in [0.4, 0.5) is 0 Å². The number of carbonyl (C=O) groups is 2. The average Bonchev–Trinajstić information content (AvgIpc) is 2.89. The lowest BCUT2D eigenvalue weighted by molar-refractivity contribution is 0.0952. The third-order valence-electron chi connectivity index (χ3n) is 4.99. The highest BCUT2D eigenvalue weighted by atomic mass is 16.3. The van der Waals surface area contributed by atoms with E-state index in [-0.39, 0.29) is 23.0 Å². The van der Waals surface area contributed by atoms with Gasteiger partial charge in [0.05, 0.1) is 5.56 Å². The Morgan fingerprint density at radius 2 is 2.00 bits per heavy atom. The summed E-state index contributed by atoms with van der Waals surface area (Å²) in [6, 6.07) is 4.40. The van der Waals surface area contributed by atoms with Crippen LogP contribution in [-0.4, -0.2) is 23.3 Å². The summed E-state index contributed by atoms with van der Waals surface area (Å²) in [6.45, 7) is 2.06. The van der Waals surface area contributed by atoms with E-state index in [4.69, 9.17) is 0 Å². The quantitative estimate of drug-likeness (QED) is 0.818. The van der Waals surface area contributed by atoms with Crippen LogP contribution in [0.15, 0.2) is 18.2 Å². The summed E-state index contributed by atoms with van der Waals surface area (Å²) in [5.41, 5.74) is 0.619. The molecule has 2 aliphatic carbocycles. The van der Waals surface area contributed by atoms with E-state index < -0.39 is 0 Å². The molecule has 0 heterocycles. The predicted octanol–water partition coefficient (Wildman–Crippen LogP) is 2.76. The van der Waals surface area contributed by atoms with Crippen LogP contribution in [0.2, 0.25) is 0 Å². The lowest BCUT2D eigenvalue weighted by Crippen LogP contribution is -2.25. The molecule has 0 aromatic heterocycles. The van der Waals surface area contributed by atoms with Gasteiger partial charge in [0, 0.05) is 12.1 Å². The maximum absolute atomic E-state index is 12.1. The molecule has 0 saturated heterocycles. The van der Waals surface area contributed by atoms with Gasteiger partial charge in [0.15, 0.2) is 5.78 Å². The van der Waals surface area contributed by atoms with Gasteiger partial charge in [-0.25, -0.2) is 0 Å². The topological polar surface area (TPSA) is 66.4 Å². The fraction of sp³-hybridized carbons (Fsp3) is 0.529. The van der Waals surface area contributed by atoms with Crippen LogP contribution < -0.4 is 5.32 Å². The Balaban J connectivity index is 1.53. The van der Waals surface area contributed by atoms with Crippen molar-refractivity contribution < 1.29 is 14.7 Å². The Kier molecular flexibility index (Phi) is 3.70. The number of benzene rings is 1. The molecule has 1 amide bonds. The standard InChI is InChI=1S/C17H21NO3/c1-10(19)15-9-11(5-6-16(15)20)17(21)18-8-7-14-12-3-2-4-13(12)14/h5-6,9,12-14,20H,2-4,7-8H2,1H3,(H,18,21). The molecule has 0 spiro atoms. The first kappa shape index (κ1) is 14.1. The molecule has 4 heteroatoms. The van der Waals surface area contributed by atoms with Gasteiger partial charge >= 0.3 is 0 Å². The van der Waals surface area contributed by atoms with E-state index in [1.165, 1.54) is 38.3 Å². The number of hydrogen-bond donors (Lipinski definition) is 2. The van der Waals surface area contributed by atoms with Crippen molar-refractivity contribution in [2.24, 2.45) is 17.8 Å². The number of ketones is 1. The van der Waals surface area contributed by atoms with Gasteiger partial charge in [0.25, 0.3) is 5.91 Å². The molecule has 0 radical (unpaired) electrons. The highest BCUT2D eigenvalue weighted by Gasteiger charge is 2.51. The fourth-order valence-corrected chi connectivity index (χ4v) is 3.81. The minimum Gasteiger partial charge on any atom is -0.507 e. The van der Waals surface area contributed by atoms with Gasteiger partial charge in [-0.3, -0.25) is 9.59 Å². The van der Waals surface area contributed by atoms with E-state index in [9.17, 15) is 14.7 Å². The second-order valence-electron chi connectivity index (χ2n) is 6.26. The first-order chi connectivity index (χ1) is 10.1. The van der Waals surface area contributed by atoms with Crippen molar-refractivity contribution in [1.29, 1.82) is 0 Å². The third-order valence-corrected chi connectivity index (χ3v) is 4.99. The van der Waals surface area contributed by atoms with Gasteiger partial charge in [-0.15, -0.1) is 0 Å². The van der Waals surface area contributed by atoms with E-state index in [0.29, 0.717) is 12.1 Å². The number of rotatable bonds is 5. The molecule has 1 aromatic carbocycles. The van der Waals surface area contributed by atoms with Gasteiger partial charge in [0.1, 0.15) is 5.75 Å². The Morgan fingerprint density at radius 1 is 1.29 bits per heavy atom. The lowest BCUT2D eigenvalue weighted by atomic mass is 10.1. The highest BCUT2D eigenvalue weighted by molar-refractivity contribution is 6.01. The number of aromatic hydroxyl groups is 1. The smallest absolute Gasteiger partial charge is 0.251 e. The molecule has 4 nitrogen and oxygen atoms in total. The summed E-state index contributed by atoms with van der Waals surface area (Å²) in [4.78, 5) is 23.4. The van der Waals surface area contributed by atoms with E-state index in [2.05, 4.69) is 5.32 Å². The van der Waals surface area contributed by atoms with Crippen molar-refractivity contribution in [3.8, 4) is 5.75 Å². The third kappa shape index (κ3) is 2.80. The van der Waals surface area contributed by atoms with E-state index in [0.717, 1.165) is 24.2 Å². The first-order valence-corrected chi connectivity index (χ1v) is 7.70. The van der Waals surface area contributed by atoms with Crippen LogP contribution in [-0.2, 0) is 0 Å². The first-order valence-electron chi connectivity index (χ1n) is 7.70. The molecule has 2 saturated carbocycles. The van der Waals surface area contributed by atoms with Crippen LogP contribution in [0, 0.1) is 17.8 Å². The number of Topliss-reactive ketones (excluding diaryl/α,β-unsaturated/α-hetero) is 1. The van der Waals surface area contributed by atoms with Gasteiger partial charge in [0.2, 0.25) is 0 Å². The fourth-order valence-electron chi connectivity index (χ4n) is 3.81. The molecule has 2 atom stereocenters. The summed E-state index contributed by atoms with van der Waals surface area (Å²) in [5, 5.41) is 12.5. The van der Waals surface area contributed by atoms with Crippen LogP contribution in [0.1, 0.15) is 53.3 Å². The van der Waals surface area contributed by atoms with Gasteiger partial charge in [-0.1, -0.05) is 6.42 Å². The molecule has 0 bridgehead atoms. The highest BCUT2D eigenvalue weighted by Crippen LogP contribution is 2.58. The molecule has 0 aliphatic heterocycles. The number of amides is 1. The minimum absolute atomic E-state index is 0.0788. The van der Waals surface area contributed by atoms with Crippen LogP contribution in [0.5, 0.6) is 5.75 Å². The van der Waals surface area contributed by atoms with Gasteiger partial charge in [-0.2, -0.15) is 0 Å². The van der Waals surface area contributed by atoms with Crippen molar-refractivity contribution in [3.63, 3.8) is 0 Å². The minimum atomic E-state index is -0.243. The van der Waals surface area contributed by atoms with Crippen molar-refractivity contribution in [2.45, 2.75) is 32.6 Å². The SMILES string of the molecule is CC(=O)c1cc(C(=O)NCCC2C3CCCC32)ccc1O. The van der Waals surface area contributed by atoms with Crippen molar-refractivity contribution in [3.05, 3.63) is 29.3 Å². The van der Waals surface area contributed by atoms with E-state index in [1.54, 1.807) is 6.07 Å². The molecule has 2 fully saturated rings.